The van der Waals surface area contributed by atoms with Gasteiger partial charge in [-0.15, -0.1) is 0 Å². The van der Waals surface area contributed by atoms with E-state index in [0.717, 1.165) is 57.8 Å². The van der Waals surface area contributed by atoms with Gasteiger partial charge in [0.05, 0.1) is 0 Å². The van der Waals surface area contributed by atoms with Crippen LogP contribution >= 0.6 is 0 Å². The highest BCUT2D eigenvalue weighted by Gasteiger charge is 2.19. The molecule has 0 saturated carbocycles. The summed E-state index contributed by atoms with van der Waals surface area (Å²) in [6.45, 7) is 6.71. The number of hydrogen-bond acceptors (Lipinski definition) is 6. The smallest absolute Gasteiger partial charge is 0.306 e. The molecular formula is C66H128O6. The lowest BCUT2D eigenvalue weighted by Gasteiger charge is -2.18. The van der Waals surface area contributed by atoms with Crippen LogP contribution in [0.15, 0.2) is 0 Å². The molecule has 0 aromatic rings. The van der Waals surface area contributed by atoms with Crippen LogP contribution in [0.25, 0.3) is 0 Å². The molecule has 0 fully saturated rings. The van der Waals surface area contributed by atoms with Crippen molar-refractivity contribution in [2.75, 3.05) is 13.2 Å². The fourth-order valence-corrected chi connectivity index (χ4v) is 10.4. The van der Waals surface area contributed by atoms with Crippen molar-refractivity contribution in [2.45, 2.75) is 393 Å². The Morgan fingerprint density at radius 1 is 0.222 bits per heavy atom. The molecule has 0 heterocycles. The molecule has 1 unspecified atom stereocenters. The molecule has 0 aliphatic rings. The number of unbranched alkanes of at least 4 members (excludes halogenated alkanes) is 51. The maximum absolute atomic E-state index is 12.9. The molecule has 0 rings (SSSR count). The lowest BCUT2D eigenvalue weighted by Crippen LogP contribution is -2.30. The fourth-order valence-electron chi connectivity index (χ4n) is 10.4. The third-order valence-electron chi connectivity index (χ3n) is 15.4. The summed E-state index contributed by atoms with van der Waals surface area (Å²) in [6.07, 6.45) is 71.4. The molecule has 1 atom stereocenters. The summed E-state index contributed by atoms with van der Waals surface area (Å²) in [5.41, 5.74) is 0. The third kappa shape index (κ3) is 59.3. The zero-order chi connectivity index (χ0) is 52.2. The van der Waals surface area contributed by atoms with Crippen molar-refractivity contribution < 1.29 is 28.6 Å². The lowest BCUT2D eigenvalue weighted by molar-refractivity contribution is -0.167. The van der Waals surface area contributed by atoms with Crippen LogP contribution in [0.3, 0.4) is 0 Å². The van der Waals surface area contributed by atoms with Crippen molar-refractivity contribution in [3.8, 4) is 0 Å². The van der Waals surface area contributed by atoms with E-state index in [2.05, 4.69) is 20.8 Å². The van der Waals surface area contributed by atoms with Gasteiger partial charge in [-0.3, -0.25) is 14.4 Å². The number of esters is 3. The van der Waals surface area contributed by atoms with E-state index in [1.165, 1.54) is 289 Å². The second kappa shape index (κ2) is 62.0. The highest BCUT2D eigenvalue weighted by molar-refractivity contribution is 5.71. The standard InChI is InChI=1S/C66H128O6/c1-4-7-10-13-16-19-21-23-25-27-29-31-32-33-34-35-37-38-40-42-44-47-50-53-56-59-65(68)71-62-63(61-70-64(67)58-55-52-49-46-18-15-12-9-6-3)72-66(69)60-57-54-51-48-45-43-41-39-36-30-28-26-24-22-20-17-14-11-8-5-2/h63H,4-62H2,1-3H3. The lowest BCUT2D eigenvalue weighted by atomic mass is 10.0. The van der Waals surface area contributed by atoms with Crippen molar-refractivity contribution in [2.24, 2.45) is 0 Å². The van der Waals surface area contributed by atoms with Crippen LogP contribution in [0.2, 0.25) is 0 Å². The minimum Gasteiger partial charge on any atom is -0.462 e. The molecule has 0 aromatic carbocycles. The number of ether oxygens (including phenoxy) is 3. The highest BCUT2D eigenvalue weighted by Crippen LogP contribution is 2.19. The molecule has 6 nitrogen and oxygen atoms in total. The minimum absolute atomic E-state index is 0.0609. The second-order valence-corrected chi connectivity index (χ2v) is 22.8. The molecule has 6 heteroatoms. The second-order valence-electron chi connectivity index (χ2n) is 22.8. The van der Waals surface area contributed by atoms with E-state index >= 15 is 0 Å². The molecule has 428 valence electrons. The number of rotatable bonds is 62. The van der Waals surface area contributed by atoms with Crippen LogP contribution in [-0.2, 0) is 28.6 Å². The molecule has 0 amide bonds. The maximum Gasteiger partial charge on any atom is 0.306 e. The van der Waals surface area contributed by atoms with Crippen LogP contribution in [0, 0.1) is 0 Å². The van der Waals surface area contributed by atoms with Gasteiger partial charge in [-0.05, 0) is 19.3 Å². The van der Waals surface area contributed by atoms with Gasteiger partial charge in [0.1, 0.15) is 13.2 Å². The average molecular weight is 1020 g/mol. The molecular weight excluding hydrogens is 889 g/mol. The van der Waals surface area contributed by atoms with E-state index in [4.69, 9.17) is 14.2 Å². The largest absolute Gasteiger partial charge is 0.462 e. The summed E-state index contributed by atoms with van der Waals surface area (Å²) < 4.78 is 16.9. The molecule has 0 aromatic heterocycles. The van der Waals surface area contributed by atoms with Gasteiger partial charge in [0.2, 0.25) is 0 Å². The molecule has 72 heavy (non-hydrogen) atoms. The van der Waals surface area contributed by atoms with Crippen molar-refractivity contribution in [1.82, 2.24) is 0 Å². The van der Waals surface area contributed by atoms with Crippen LogP contribution in [0.5, 0.6) is 0 Å². The van der Waals surface area contributed by atoms with Gasteiger partial charge in [-0.2, -0.15) is 0 Å². The zero-order valence-electron chi connectivity index (χ0n) is 49.2. The molecule has 0 bridgehead atoms. The van der Waals surface area contributed by atoms with E-state index < -0.39 is 6.10 Å². The van der Waals surface area contributed by atoms with E-state index in [0.29, 0.717) is 19.3 Å². The average Bonchev–Trinajstić information content (AvgIpc) is 3.38. The zero-order valence-corrected chi connectivity index (χ0v) is 49.2. The van der Waals surface area contributed by atoms with Gasteiger partial charge >= 0.3 is 17.9 Å². The third-order valence-corrected chi connectivity index (χ3v) is 15.4. The summed E-state index contributed by atoms with van der Waals surface area (Å²) in [6, 6.07) is 0. The Morgan fingerprint density at radius 3 is 0.556 bits per heavy atom. The Labute approximate surface area is 450 Å². The van der Waals surface area contributed by atoms with E-state index in [9.17, 15) is 14.4 Å². The summed E-state index contributed by atoms with van der Waals surface area (Å²) in [7, 11) is 0. The first-order valence-corrected chi connectivity index (χ1v) is 33.0. The summed E-state index contributed by atoms with van der Waals surface area (Å²) in [4.78, 5) is 38.2. The van der Waals surface area contributed by atoms with Gasteiger partial charge in [0.25, 0.3) is 0 Å². The van der Waals surface area contributed by atoms with Gasteiger partial charge in [0.15, 0.2) is 6.10 Å². The predicted molar refractivity (Wildman–Crippen MR) is 312 cm³/mol. The van der Waals surface area contributed by atoms with Gasteiger partial charge in [0, 0.05) is 19.3 Å². The Balaban J connectivity index is 4.10. The van der Waals surface area contributed by atoms with Crippen LogP contribution in [0.1, 0.15) is 387 Å². The summed E-state index contributed by atoms with van der Waals surface area (Å²) in [5.74, 6) is -0.830. The highest BCUT2D eigenvalue weighted by atomic mass is 16.6. The van der Waals surface area contributed by atoms with Gasteiger partial charge in [-0.25, -0.2) is 0 Å². The van der Waals surface area contributed by atoms with E-state index in [1.807, 2.05) is 0 Å². The Hall–Kier alpha value is -1.59. The topological polar surface area (TPSA) is 78.9 Å². The molecule has 0 radical (unpaired) electrons. The maximum atomic E-state index is 12.9. The predicted octanol–water partition coefficient (Wildman–Crippen LogP) is 22.3. The Morgan fingerprint density at radius 2 is 0.375 bits per heavy atom. The van der Waals surface area contributed by atoms with Crippen molar-refractivity contribution in [1.29, 1.82) is 0 Å². The summed E-state index contributed by atoms with van der Waals surface area (Å²) in [5, 5.41) is 0. The van der Waals surface area contributed by atoms with Gasteiger partial charge < -0.3 is 14.2 Å². The monoisotopic (exact) mass is 1020 g/mol. The van der Waals surface area contributed by atoms with Crippen LogP contribution in [0.4, 0.5) is 0 Å². The van der Waals surface area contributed by atoms with Crippen molar-refractivity contribution >= 4 is 17.9 Å². The van der Waals surface area contributed by atoms with Crippen molar-refractivity contribution in [3.63, 3.8) is 0 Å². The number of carbonyl (C=O) groups excluding carboxylic acids is 3. The summed E-state index contributed by atoms with van der Waals surface area (Å²) >= 11 is 0. The minimum atomic E-state index is -0.761. The molecule has 0 aliphatic carbocycles. The van der Waals surface area contributed by atoms with E-state index in [-0.39, 0.29) is 31.1 Å². The van der Waals surface area contributed by atoms with Gasteiger partial charge in [-0.1, -0.05) is 348 Å². The molecule has 0 saturated heterocycles. The van der Waals surface area contributed by atoms with Crippen LogP contribution < -0.4 is 0 Å². The molecule has 0 aliphatic heterocycles. The molecule has 0 N–H and O–H groups in total. The Kier molecular flexibility index (Phi) is 60.6. The fraction of sp³-hybridized carbons (Fsp3) is 0.955. The number of hydrogen-bond donors (Lipinski definition) is 0. The Bertz CT molecular complexity index is 1080. The molecule has 0 spiro atoms. The SMILES string of the molecule is CCCCCCCCCCCCCCCCCCCCCCCCCCCC(=O)OCC(COC(=O)CCCCCCCCCCC)OC(=O)CCCCCCCCCCCCCCCCCCCCCC. The first-order chi connectivity index (χ1) is 35.5. The van der Waals surface area contributed by atoms with Crippen molar-refractivity contribution in [3.05, 3.63) is 0 Å². The first kappa shape index (κ1) is 70.4. The first-order valence-electron chi connectivity index (χ1n) is 33.0. The van der Waals surface area contributed by atoms with Crippen LogP contribution in [-0.4, -0.2) is 37.2 Å². The normalized spacial score (nSPS) is 11.9. The van der Waals surface area contributed by atoms with E-state index in [1.54, 1.807) is 0 Å². The number of carbonyl (C=O) groups is 3. The quantitative estimate of drug-likeness (QED) is 0.0343.